The fraction of sp³-hybridized carbons (Fsp3) is 0.214. The number of nitrogens with zero attached hydrogens (tertiary/aromatic N) is 1. The average Bonchev–Trinajstić information content (AvgIpc) is 2.83. The molecule has 0 atom stereocenters. The molecule has 0 bridgehead atoms. The lowest BCUT2D eigenvalue weighted by Gasteiger charge is -2.05. The number of ether oxygens (including phenoxy) is 1. The molecule has 110 valence electrons. The second kappa shape index (κ2) is 6.85. The number of carbonyl (C=O) groups excluding carboxylic acids is 1. The Kier molecular flexibility index (Phi) is 4.89. The normalized spacial score (nSPS) is 10.1. The van der Waals surface area contributed by atoms with E-state index in [0.717, 1.165) is 0 Å². The maximum Gasteiger partial charge on any atom is 0.307 e. The molecule has 2 N–H and O–H groups in total. The maximum absolute atomic E-state index is 10.9. The average molecular weight is 306 g/mol. The van der Waals surface area contributed by atoms with Crippen LogP contribution in [-0.4, -0.2) is 22.0 Å². The van der Waals surface area contributed by atoms with Crippen molar-refractivity contribution in [1.29, 1.82) is 0 Å². The number of anilines is 1. The SMILES string of the molecule is CC(=O)Nc1nc(COc2cccc(CC(=O)O)c2)cs1. The molecule has 0 radical (unpaired) electrons. The molecule has 1 amide bonds. The summed E-state index contributed by atoms with van der Waals surface area (Å²) in [6, 6.07) is 6.93. The van der Waals surface area contributed by atoms with E-state index in [0.29, 0.717) is 22.1 Å². The van der Waals surface area contributed by atoms with E-state index in [9.17, 15) is 9.59 Å². The Labute approximate surface area is 125 Å². The highest BCUT2D eigenvalue weighted by molar-refractivity contribution is 7.13. The lowest BCUT2D eigenvalue weighted by Crippen LogP contribution is -2.05. The third-order valence-corrected chi connectivity index (χ3v) is 3.28. The van der Waals surface area contributed by atoms with Crippen LogP contribution in [0.15, 0.2) is 29.6 Å². The van der Waals surface area contributed by atoms with Crippen molar-refractivity contribution in [2.24, 2.45) is 0 Å². The number of hydrogen-bond donors (Lipinski definition) is 2. The molecule has 0 unspecified atom stereocenters. The van der Waals surface area contributed by atoms with Crippen LogP contribution in [0.4, 0.5) is 5.13 Å². The molecule has 0 aliphatic heterocycles. The van der Waals surface area contributed by atoms with Crippen molar-refractivity contribution >= 4 is 28.3 Å². The van der Waals surface area contributed by atoms with E-state index < -0.39 is 5.97 Å². The largest absolute Gasteiger partial charge is 0.487 e. The molecule has 0 aliphatic carbocycles. The van der Waals surface area contributed by atoms with Crippen LogP contribution in [0.5, 0.6) is 5.75 Å². The topological polar surface area (TPSA) is 88.5 Å². The standard InChI is InChI=1S/C14H14N2O4S/c1-9(17)15-14-16-11(8-21-14)7-20-12-4-2-3-10(5-12)6-13(18)19/h2-5,8H,6-7H2,1H3,(H,18,19)(H,15,16,17). The van der Waals surface area contributed by atoms with E-state index in [2.05, 4.69) is 10.3 Å². The minimum atomic E-state index is -0.883. The van der Waals surface area contributed by atoms with Crippen LogP contribution in [0.1, 0.15) is 18.2 Å². The van der Waals surface area contributed by atoms with Gasteiger partial charge in [-0.15, -0.1) is 11.3 Å². The zero-order valence-electron chi connectivity index (χ0n) is 11.3. The zero-order valence-corrected chi connectivity index (χ0v) is 12.1. The van der Waals surface area contributed by atoms with Crippen LogP contribution < -0.4 is 10.1 Å². The molecule has 0 saturated heterocycles. The van der Waals surface area contributed by atoms with Gasteiger partial charge in [0.05, 0.1) is 12.1 Å². The summed E-state index contributed by atoms with van der Waals surface area (Å²) < 4.78 is 5.57. The van der Waals surface area contributed by atoms with Gasteiger partial charge in [-0.3, -0.25) is 9.59 Å². The Morgan fingerprint density at radius 1 is 1.43 bits per heavy atom. The van der Waals surface area contributed by atoms with Crippen LogP contribution >= 0.6 is 11.3 Å². The number of carboxylic acids is 1. The summed E-state index contributed by atoms with van der Waals surface area (Å²) in [5.74, 6) is -0.465. The van der Waals surface area contributed by atoms with Crippen molar-refractivity contribution in [3.05, 3.63) is 40.9 Å². The Morgan fingerprint density at radius 3 is 2.95 bits per heavy atom. The third-order valence-electron chi connectivity index (χ3n) is 2.48. The van der Waals surface area contributed by atoms with Gasteiger partial charge in [0, 0.05) is 12.3 Å². The van der Waals surface area contributed by atoms with Gasteiger partial charge in [-0.1, -0.05) is 12.1 Å². The number of benzene rings is 1. The highest BCUT2D eigenvalue weighted by Crippen LogP contribution is 2.19. The minimum Gasteiger partial charge on any atom is -0.487 e. The van der Waals surface area contributed by atoms with Gasteiger partial charge in [0.2, 0.25) is 5.91 Å². The summed E-state index contributed by atoms with van der Waals surface area (Å²) in [5.41, 5.74) is 1.38. The molecule has 1 aromatic carbocycles. The zero-order chi connectivity index (χ0) is 15.2. The smallest absolute Gasteiger partial charge is 0.307 e. The molecule has 0 spiro atoms. The van der Waals surface area contributed by atoms with E-state index in [-0.39, 0.29) is 18.9 Å². The molecular formula is C14H14N2O4S. The first-order valence-corrected chi connectivity index (χ1v) is 7.06. The van der Waals surface area contributed by atoms with E-state index in [1.165, 1.54) is 18.3 Å². The molecule has 0 fully saturated rings. The van der Waals surface area contributed by atoms with Gasteiger partial charge in [0.15, 0.2) is 5.13 Å². The maximum atomic E-state index is 10.9. The third kappa shape index (κ3) is 4.88. The first-order valence-electron chi connectivity index (χ1n) is 6.18. The van der Waals surface area contributed by atoms with Crippen molar-refractivity contribution < 1.29 is 19.4 Å². The molecule has 1 aromatic heterocycles. The molecule has 7 heteroatoms. The molecule has 2 aromatic rings. The van der Waals surface area contributed by atoms with Crippen LogP contribution in [0.3, 0.4) is 0 Å². The van der Waals surface area contributed by atoms with Crippen molar-refractivity contribution in [3.63, 3.8) is 0 Å². The number of nitrogens with one attached hydrogen (secondary N) is 1. The predicted molar refractivity (Wildman–Crippen MR) is 78.5 cm³/mol. The van der Waals surface area contributed by atoms with Gasteiger partial charge in [-0.05, 0) is 17.7 Å². The molecule has 21 heavy (non-hydrogen) atoms. The Balaban J connectivity index is 1.94. The lowest BCUT2D eigenvalue weighted by molar-refractivity contribution is -0.136. The van der Waals surface area contributed by atoms with Gasteiger partial charge < -0.3 is 15.2 Å². The number of amides is 1. The van der Waals surface area contributed by atoms with Gasteiger partial charge in [-0.2, -0.15) is 0 Å². The number of aliphatic carboxylic acids is 1. The number of aromatic nitrogens is 1. The summed E-state index contributed by atoms with van der Waals surface area (Å²) in [7, 11) is 0. The van der Waals surface area contributed by atoms with E-state index in [4.69, 9.17) is 9.84 Å². The Morgan fingerprint density at radius 2 is 2.24 bits per heavy atom. The molecule has 1 heterocycles. The van der Waals surface area contributed by atoms with Gasteiger partial charge >= 0.3 is 5.97 Å². The van der Waals surface area contributed by atoms with E-state index in [1.54, 1.807) is 29.6 Å². The van der Waals surface area contributed by atoms with Crippen molar-refractivity contribution in [3.8, 4) is 5.75 Å². The van der Waals surface area contributed by atoms with Crippen LogP contribution in [0.2, 0.25) is 0 Å². The van der Waals surface area contributed by atoms with Crippen LogP contribution in [0.25, 0.3) is 0 Å². The predicted octanol–water partition coefficient (Wildman–Crippen LogP) is 2.31. The molecule has 2 rings (SSSR count). The number of thiazole rings is 1. The highest BCUT2D eigenvalue weighted by Gasteiger charge is 2.05. The summed E-state index contributed by atoms with van der Waals surface area (Å²) >= 11 is 1.32. The molecular weight excluding hydrogens is 292 g/mol. The number of hydrogen-bond acceptors (Lipinski definition) is 5. The van der Waals surface area contributed by atoms with Crippen molar-refractivity contribution in [2.75, 3.05) is 5.32 Å². The van der Waals surface area contributed by atoms with Crippen molar-refractivity contribution in [2.45, 2.75) is 20.0 Å². The first-order chi connectivity index (χ1) is 10.0. The molecule has 0 saturated carbocycles. The summed E-state index contributed by atoms with van der Waals surface area (Å²) in [6.07, 6.45) is -0.0411. The summed E-state index contributed by atoms with van der Waals surface area (Å²) in [4.78, 5) is 25.8. The summed E-state index contributed by atoms with van der Waals surface area (Å²) in [5, 5.41) is 13.7. The first kappa shape index (κ1) is 15.0. The fourth-order valence-electron chi connectivity index (χ4n) is 1.66. The quantitative estimate of drug-likeness (QED) is 0.855. The van der Waals surface area contributed by atoms with E-state index >= 15 is 0 Å². The van der Waals surface area contributed by atoms with Gasteiger partial charge in [0.25, 0.3) is 0 Å². The van der Waals surface area contributed by atoms with E-state index in [1.807, 2.05) is 0 Å². The number of carboxylic acid groups (broad SMARTS) is 1. The second-order valence-electron chi connectivity index (χ2n) is 4.33. The number of carbonyl (C=O) groups is 2. The number of rotatable bonds is 6. The molecule has 0 aliphatic rings. The Hall–Kier alpha value is -2.41. The Bertz CT molecular complexity index is 654. The van der Waals surface area contributed by atoms with Gasteiger partial charge in [-0.25, -0.2) is 4.98 Å². The minimum absolute atomic E-state index is 0.0411. The lowest BCUT2D eigenvalue weighted by atomic mass is 10.1. The fourth-order valence-corrected chi connectivity index (χ4v) is 2.40. The summed E-state index contributed by atoms with van der Waals surface area (Å²) in [6.45, 7) is 1.68. The van der Waals surface area contributed by atoms with Crippen molar-refractivity contribution in [1.82, 2.24) is 4.98 Å². The van der Waals surface area contributed by atoms with Gasteiger partial charge in [0.1, 0.15) is 12.4 Å². The van der Waals surface area contributed by atoms with Crippen LogP contribution in [0, 0.1) is 0 Å². The monoisotopic (exact) mass is 306 g/mol. The highest BCUT2D eigenvalue weighted by atomic mass is 32.1. The second-order valence-corrected chi connectivity index (χ2v) is 5.19. The van der Waals surface area contributed by atoms with Crippen LogP contribution in [-0.2, 0) is 22.6 Å². The molecule has 6 nitrogen and oxygen atoms in total.